The van der Waals surface area contributed by atoms with Crippen LogP contribution in [0.1, 0.15) is 20.8 Å². The molecule has 0 aromatic rings. The van der Waals surface area contributed by atoms with Gasteiger partial charge in [-0.2, -0.15) is 0 Å². The smallest absolute Gasteiger partial charge is 0.225 e. The van der Waals surface area contributed by atoms with Gasteiger partial charge in [0.1, 0.15) is 0 Å². The van der Waals surface area contributed by atoms with Crippen LogP contribution in [0, 0.1) is 11.8 Å². The maximum Gasteiger partial charge on any atom is 0.225 e. The van der Waals surface area contributed by atoms with Gasteiger partial charge in [0.15, 0.2) is 0 Å². The Labute approximate surface area is 58.7 Å². The lowest BCUT2D eigenvalue weighted by atomic mass is 9.98. The molecule has 54 valence electrons. The Morgan fingerprint density at radius 1 is 1.44 bits per heavy atom. The first-order valence-electron chi connectivity index (χ1n) is 3.10. The van der Waals surface area contributed by atoms with E-state index in [1.807, 2.05) is 20.8 Å². The molecule has 1 amide bonds. The lowest BCUT2D eigenvalue weighted by Crippen LogP contribution is -2.24. The zero-order valence-corrected chi connectivity index (χ0v) is 7.29. The Morgan fingerprint density at radius 3 is 2.00 bits per heavy atom. The highest BCUT2D eigenvalue weighted by atomic mass is 31.0. The third kappa shape index (κ3) is 2.81. The maximum absolute atomic E-state index is 10.8. The summed E-state index contributed by atoms with van der Waals surface area (Å²) in [4.78, 5) is 10.8. The van der Waals surface area contributed by atoms with Crippen molar-refractivity contribution in [3.05, 3.63) is 0 Å². The zero-order chi connectivity index (χ0) is 7.44. The van der Waals surface area contributed by atoms with Gasteiger partial charge in [-0.1, -0.05) is 20.8 Å². The topological polar surface area (TPSA) is 29.1 Å². The number of hydrogen-bond donors (Lipinski definition) is 1. The van der Waals surface area contributed by atoms with E-state index >= 15 is 0 Å². The molecule has 0 aliphatic rings. The van der Waals surface area contributed by atoms with Crippen LogP contribution in [0.25, 0.3) is 0 Å². The summed E-state index contributed by atoms with van der Waals surface area (Å²) in [7, 11) is 2.21. The van der Waals surface area contributed by atoms with Crippen molar-refractivity contribution in [3.63, 3.8) is 0 Å². The van der Waals surface area contributed by atoms with Gasteiger partial charge >= 0.3 is 0 Å². The molecule has 0 aliphatic carbocycles. The Morgan fingerprint density at radius 2 is 1.89 bits per heavy atom. The third-order valence-electron chi connectivity index (χ3n) is 1.56. The predicted octanol–water partition coefficient (Wildman–Crippen LogP) is 1.18. The van der Waals surface area contributed by atoms with Crippen LogP contribution in [0.2, 0.25) is 0 Å². The van der Waals surface area contributed by atoms with Gasteiger partial charge in [-0.25, -0.2) is 0 Å². The fourth-order valence-electron chi connectivity index (χ4n) is 0.434. The Kier molecular flexibility index (Phi) is 3.79. The molecule has 0 spiro atoms. The highest BCUT2D eigenvalue weighted by Crippen LogP contribution is 2.09. The van der Waals surface area contributed by atoms with E-state index in [2.05, 4.69) is 14.5 Å². The van der Waals surface area contributed by atoms with Crippen molar-refractivity contribution in [1.82, 2.24) is 5.09 Å². The minimum atomic E-state index is 0.0926. The van der Waals surface area contributed by atoms with E-state index in [9.17, 15) is 4.79 Å². The molecule has 0 radical (unpaired) electrons. The number of hydrogen-bond acceptors (Lipinski definition) is 1. The molecule has 1 N–H and O–H groups in total. The van der Waals surface area contributed by atoms with Crippen molar-refractivity contribution in [2.24, 2.45) is 11.8 Å². The van der Waals surface area contributed by atoms with E-state index in [1.54, 1.807) is 0 Å². The minimum Gasteiger partial charge on any atom is -0.340 e. The van der Waals surface area contributed by atoms with E-state index in [0.717, 1.165) is 0 Å². The van der Waals surface area contributed by atoms with Gasteiger partial charge < -0.3 is 5.09 Å². The lowest BCUT2D eigenvalue weighted by Gasteiger charge is -2.12. The molecular weight excluding hydrogens is 133 g/mol. The second-order valence-corrected chi connectivity index (χ2v) is 2.83. The molecule has 0 bridgehead atoms. The molecule has 0 saturated heterocycles. The summed E-state index contributed by atoms with van der Waals surface area (Å²) in [5.74, 6) is 0.628. The second-order valence-electron chi connectivity index (χ2n) is 2.54. The molecule has 3 heteroatoms. The van der Waals surface area contributed by atoms with Crippen LogP contribution in [0.5, 0.6) is 0 Å². The van der Waals surface area contributed by atoms with Crippen LogP contribution < -0.4 is 5.09 Å². The standard InChI is InChI=1S/C6H14NOP/c1-4(2)5(3)6(8)7-9/h4-5H,9H2,1-3H3,(H,7,8). The van der Waals surface area contributed by atoms with Crippen molar-refractivity contribution in [1.29, 1.82) is 0 Å². The molecule has 0 aromatic heterocycles. The fourth-order valence-corrected chi connectivity index (χ4v) is 0.697. The van der Waals surface area contributed by atoms with E-state index in [1.165, 1.54) is 0 Å². The van der Waals surface area contributed by atoms with Crippen molar-refractivity contribution in [2.45, 2.75) is 20.8 Å². The summed E-state index contributed by atoms with van der Waals surface area (Å²) in [6, 6.07) is 0. The largest absolute Gasteiger partial charge is 0.340 e. The first-order chi connectivity index (χ1) is 4.09. The van der Waals surface area contributed by atoms with Crippen LogP contribution in [0.3, 0.4) is 0 Å². The van der Waals surface area contributed by atoms with E-state index < -0.39 is 0 Å². The number of carbonyl (C=O) groups is 1. The van der Waals surface area contributed by atoms with E-state index in [0.29, 0.717) is 5.92 Å². The van der Waals surface area contributed by atoms with Gasteiger partial charge in [-0.15, -0.1) is 0 Å². The average molecular weight is 147 g/mol. The maximum atomic E-state index is 10.8. The number of amides is 1. The lowest BCUT2D eigenvalue weighted by molar-refractivity contribution is -0.123. The van der Waals surface area contributed by atoms with Crippen LogP contribution >= 0.6 is 9.39 Å². The summed E-state index contributed by atoms with van der Waals surface area (Å²) in [5.41, 5.74) is 0. The average Bonchev–Trinajstić information content (AvgIpc) is 1.84. The quantitative estimate of drug-likeness (QED) is 0.584. The van der Waals surface area contributed by atoms with Crippen molar-refractivity contribution in [2.75, 3.05) is 0 Å². The molecular formula is C6H14NOP. The van der Waals surface area contributed by atoms with Gasteiger partial charge in [0.25, 0.3) is 0 Å². The summed E-state index contributed by atoms with van der Waals surface area (Å²) >= 11 is 0. The highest BCUT2D eigenvalue weighted by Gasteiger charge is 2.13. The first kappa shape index (κ1) is 8.90. The van der Waals surface area contributed by atoms with E-state index in [4.69, 9.17) is 0 Å². The van der Waals surface area contributed by atoms with Crippen molar-refractivity contribution >= 4 is 15.3 Å². The van der Waals surface area contributed by atoms with Crippen molar-refractivity contribution in [3.8, 4) is 0 Å². The molecule has 2 atom stereocenters. The van der Waals surface area contributed by atoms with E-state index in [-0.39, 0.29) is 11.8 Å². The molecule has 2 unspecified atom stereocenters. The van der Waals surface area contributed by atoms with Gasteiger partial charge in [0.05, 0.1) is 0 Å². The normalized spacial score (nSPS) is 13.4. The van der Waals surface area contributed by atoms with Crippen LogP contribution in [0.15, 0.2) is 0 Å². The van der Waals surface area contributed by atoms with Gasteiger partial charge in [-0.3, -0.25) is 4.79 Å². The van der Waals surface area contributed by atoms with Gasteiger partial charge in [0.2, 0.25) is 5.91 Å². The molecule has 0 aliphatic heterocycles. The molecule has 0 fully saturated rings. The predicted molar refractivity (Wildman–Crippen MR) is 41.9 cm³/mol. The molecule has 0 saturated carbocycles. The Balaban J connectivity index is 3.72. The van der Waals surface area contributed by atoms with Gasteiger partial charge in [0, 0.05) is 5.92 Å². The number of rotatable bonds is 2. The molecule has 0 rings (SSSR count). The highest BCUT2D eigenvalue weighted by molar-refractivity contribution is 7.15. The zero-order valence-electron chi connectivity index (χ0n) is 6.14. The van der Waals surface area contributed by atoms with Crippen LogP contribution in [0.4, 0.5) is 0 Å². The van der Waals surface area contributed by atoms with Crippen LogP contribution in [-0.2, 0) is 4.79 Å². The first-order valence-corrected chi connectivity index (χ1v) is 3.67. The SMILES string of the molecule is CC(C)C(C)C(=O)NP. The minimum absolute atomic E-state index is 0.0926. The number of nitrogens with one attached hydrogen (secondary N) is 1. The summed E-state index contributed by atoms with van der Waals surface area (Å²) < 4.78 is 0. The van der Waals surface area contributed by atoms with Crippen molar-refractivity contribution < 1.29 is 4.79 Å². The second kappa shape index (κ2) is 3.84. The monoisotopic (exact) mass is 147 g/mol. The number of carbonyl (C=O) groups excluding carboxylic acids is 1. The molecule has 0 heterocycles. The third-order valence-corrected chi connectivity index (χ3v) is 1.84. The van der Waals surface area contributed by atoms with Crippen LogP contribution in [-0.4, -0.2) is 5.91 Å². The molecule has 2 nitrogen and oxygen atoms in total. The summed E-state index contributed by atoms with van der Waals surface area (Å²) in [6.07, 6.45) is 0. The Bertz CT molecular complexity index is 103. The summed E-state index contributed by atoms with van der Waals surface area (Å²) in [6.45, 7) is 5.99. The summed E-state index contributed by atoms with van der Waals surface area (Å²) in [5, 5.41) is 2.52. The molecule has 0 aromatic carbocycles. The molecule has 9 heavy (non-hydrogen) atoms. The fraction of sp³-hybridized carbons (Fsp3) is 0.833. The Hall–Kier alpha value is -0.100. The van der Waals surface area contributed by atoms with Gasteiger partial charge in [-0.05, 0) is 15.3 Å².